The maximum absolute atomic E-state index is 12.2. The highest BCUT2D eigenvalue weighted by Gasteiger charge is 2.23. The molecule has 1 aromatic heterocycles. The average molecular weight is 403 g/mol. The number of piperidine rings is 1. The lowest BCUT2D eigenvalue weighted by Gasteiger charge is -2.28. The second-order valence-corrected chi connectivity index (χ2v) is 7.47. The standard InChI is InChI=1S/C19H21N3O5S/c23-18(20-12-15-5-4-10-28-15)13-27-19(24)14-6-7-16(17(11-14)22(25)26)21-8-2-1-3-9-21/h4-7,10-11H,1-3,8-9,12-13H2,(H,20,23). The number of esters is 1. The number of nitrogens with one attached hydrogen (secondary N) is 1. The molecular weight excluding hydrogens is 382 g/mol. The van der Waals surface area contributed by atoms with Crippen molar-refractivity contribution in [1.82, 2.24) is 5.32 Å². The molecule has 2 heterocycles. The van der Waals surface area contributed by atoms with E-state index in [4.69, 9.17) is 4.74 Å². The zero-order valence-corrected chi connectivity index (χ0v) is 16.1. The fraction of sp³-hybridized carbons (Fsp3) is 0.368. The fourth-order valence-electron chi connectivity index (χ4n) is 3.06. The molecule has 1 aliphatic rings. The predicted octanol–water partition coefficient (Wildman–Crippen LogP) is 3.12. The molecule has 0 bridgehead atoms. The highest BCUT2D eigenvalue weighted by atomic mass is 32.1. The number of rotatable bonds is 7. The number of nitrogens with zero attached hydrogens (tertiary/aromatic N) is 2. The van der Waals surface area contributed by atoms with E-state index < -0.39 is 23.4 Å². The molecule has 0 atom stereocenters. The van der Waals surface area contributed by atoms with Gasteiger partial charge < -0.3 is 15.0 Å². The number of carbonyl (C=O) groups is 2. The molecule has 28 heavy (non-hydrogen) atoms. The Bertz CT molecular complexity index is 847. The van der Waals surface area contributed by atoms with E-state index in [1.807, 2.05) is 22.4 Å². The van der Waals surface area contributed by atoms with Crippen molar-refractivity contribution in [2.75, 3.05) is 24.6 Å². The molecule has 0 unspecified atom stereocenters. The highest BCUT2D eigenvalue weighted by molar-refractivity contribution is 7.09. The fourth-order valence-corrected chi connectivity index (χ4v) is 3.71. The van der Waals surface area contributed by atoms with Gasteiger partial charge in [0.1, 0.15) is 5.69 Å². The van der Waals surface area contributed by atoms with Crippen LogP contribution in [0.2, 0.25) is 0 Å². The number of nitro benzene ring substituents is 1. The van der Waals surface area contributed by atoms with Crippen LogP contribution in [0.5, 0.6) is 0 Å². The largest absolute Gasteiger partial charge is 0.452 e. The summed E-state index contributed by atoms with van der Waals surface area (Å²) in [6.07, 6.45) is 3.09. The normalized spacial score (nSPS) is 13.8. The van der Waals surface area contributed by atoms with Gasteiger partial charge >= 0.3 is 5.97 Å². The number of thiophene rings is 1. The molecule has 1 aromatic carbocycles. The van der Waals surface area contributed by atoms with Gasteiger partial charge in [-0.2, -0.15) is 0 Å². The van der Waals surface area contributed by atoms with Gasteiger partial charge in [-0.25, -0.2) is 4.79 Å². The van der Waals surface area contributed by atoms with Crippen molar-refractivity contribution < 1.29 is 19.2 Å². The van der Waals surface area contributed by atoms with Crippen LogP contribution in [-0.4, -0.2) is 36.5 Å². The third kappa shape index (κ3) is 5.07. The van der Waals surface area contributed by atoms with Crippen LogP contribution in [0.25, 0.3) is 0 Å². The summed E-state index contributed by atoms with van der Waals surface area (Å²) in [4.78, 5) is 38.0. The quantitative estimate of drug-likeness (QED) is 0.433. The lowest BCUT2D eigenvalue weighted by atomic mass is 10.1. The summed E-state index contributed by atoms with van der Waals surface area (Å²) in [5.74, 6) is -1.19. The molecule has 8 nitrogen and oxygen atoms in total. The summed E-state index contributed by atoms with van der Waals surface area (Å²) in [6, 6.07) is 8.07. The van der Waals surface area contributed by atoms with Gasteiger partial charge in [-0.1, -0.05) is 6.07 Å². The van der Waals surface area contributed by atoms with Crippen molar-refractivity contribution in [3.05, 3.63) is 56.3 Å². The molecule has 0 spiro atoms. The second kappa shape index (κ2) is 9.32. The van der Waals surface area contributed by atoms with Crippen LogP contribution in [0.3, 0.4) is 0 Å². The van der Waals surface area contributed by atoms with Gasteiger partial charge in [0.15, 0.2) is 6.61 Å². The first-order valence-corrected chi connectivity index (χ1v) is 9.92. The molecule has 148 valence electrons. The SMILES string of the molecule is O=C(COC(=O)c1ccc(N2CCCCC2)c([N+](=O)[O-])c1)NCc1cccs1. The number of hydrogen-bond donors (Lipinski definition) is 1. The summed E-state index contributed by atoms with van der Waals surface area (Å²) >= 11 is 1.51. The first-order valence-electron chi connectivity index (χ1n) is 9.04. The van der Waals surface area contributed by atoms with Crippen molar-refractivity contribution in [2.45, 2.75) is 25.8 Å². The summed E-state index contributed by atoms with van der Waals surface area (Å²) in [5, 5.41) is 16.0. The van der Waals surface area contributed by atoms with Crippen LogP contribution >= 0.6 is 11.3 Å². The van der Waals surface area contributed by atoms with Gasteiger partial charge in [0.25, 0.3) is 11.6 Å². The Morgan fingerprint density at radius 1 is 1.21 bits per heavy atom. The van der Waals surface area contributed by atoms with E-state index in [0.717, 1.165) is 37.2 Å². The molecule has 1 fully saturated rings. The van der Waals surface area contributed by atoms with Crippen LogP contribution in [-0.2, 0) is 16.1 Å². The summed E-state index contributed by atoms with van der Waals surface area (Å²) in [5.41, 5.74) is 0.437. The number of ether oxygens (including phenoxy) is 1. The van der Waals surface area contributed by atoms with Gasteiger partial charge in [0.2, 0.25) is 0 Å². The van der Waals surface area contributed by atoms with Gasteiger partial charge in [-0.15, -0.1) is 11.3 Å². The summed E-state index contributed by atoms with van der Waals surface area (Å²) < 4.78 is 5.00. The summed E-state index contributed by atoms with van der Waals surface area (Å²) in [7, 11) is 0. The Hall–Kier alpha value is -2.94. The van der Waals surface area contributed by atoms with Gasteiger partial charge in [0.05, 0.1) is 17.0 Å². The van der Waals surface area contributed by atoms with E-state index in [0.29, 0.717) is 12.2 Å². The molecule has 2 aromatic rings. The molecule has 0 saturated carbocycles. The van der Waals surface area contributed by atoms with Crippen LogP contribution in [0, 0.1) is 10.1 Å². The van der Waals surface area contributed by atoms with Crippen LogP contribution in [0.15, 0.2) is 35.7 Å². The van der Waals surface area contributed by atoms with Gasteiger partial charge in [-0.3, -0.25) is 14.9 Å². The van der Waals surface area contributed by atoms with E-state index in [9.17, 15) is 19.7 Å². The number of carbonyl (C=O) groups excluding carboxylic acids is 2. The van der Waals surface area contributed by atoms with E-state index in [1.54, 1.807) is 6.07 Å². The van der Waals surface area contributed by atoms with Crippen LogP contribution < -0.4 is 10.2 Å². The minimum Gasteiger partial charge on any atom is -0.452 e. The molecule has 1 N–H and O–H groups in total. The van der Waals surface area contributed by atoms with Crippen molar-refractivity contribution in [1.29, 1.82) is 0 Å². The highest BCUT2D eigenvalue weighted by Crippen LogP contribution is 2.31. The van der Waals surface area contributed by atoms with E-state index >= 15 is 0 Å². The Labute approximate surface area is 166 Å². The number of nitro groups is 1. The monoisotopic (exact) mass is 403 g/mol. The van der Waals surface area contributed by atoms with Crippen molar-refractivity contribution in [3.8, 4) is 0 Å². The maximum Gasteiger partial charge on any atom is 0.338 e. The van der Waals surface area contributed by atoms with E-state index in [1.165, 1.54) is 23.5 Å². The molecular formula is C19H21N3O5S. The minimum absolute atomic E-state index is 0.0542. The van der Waals surface area contributed by atoms with Gasteiger partial charge in [-0.05, 0) is 42.8 Å². The first kappa shape index (κ1) is 19.8. The minimum atomic E-state index is -0.764. The first-order chi connectivity index (χ1) is 13.5. The Morgan fingerprint density at radius 2 is 2.00 bits per heavy atom. The van der Waals surface area contributed by atoms with Crippen molar-refractivity contribution in [2.24, 2.45) is 0 Å². The maximum atomic E-state index is 12.2. The molecule has 1 amide bonds. The number of benzene rings is 1. The molecule has 1 aliphatic heterocycles. The molecule has 3 rings (SSSR count). The van der Waals surface area contributed by atoms with Crippen LogP contribution in [0.1, 0.15) is 34.5 Å². The van der Waals surface area contributed by atoms with E-state index in [2.05, 4.69) is 5.32 Å². The third-order valence-electron chi connectivity index (χ3n) is 4.48. The topological polar surface area (TPSA) is 102 Å². The molecule has 0 radical (unpaired) electrons. The zero-order chi connectivity index (χ0) is 19.9. The third-order valence-corrected chi connectivity index (χ3v) is 5.36. The van der Waals surface area contributed by atoms with E-state index in [-0.39, 0.29) is 11.3 Å². The molecule has 1 saturated heterocycles. The Kier molecular flexibility index (Phi) is 6.59. The molecule has 0 aliphatic carbocycles. The number of amides is 1. The van der Waals surface area contributed by atoms with Gasteiger partial charge in [0, 0.05) is 24.0 Å². The second-order valence-electron chi connectivity index (χ2n) is 6.44. The smallest absolute Gasteiger partial charge is 0.338 e. The van der Waals surface area contributed by atoms with Crippen molar-refractivity contribution >= 4 is 34.6 Å². The lowest BCUT2D eigenvalue weighted by Crippen LogP contribution is -2.30. The predicted molar refractivity (Wildman–Crippen MR) is 106 cm³/mol. The molecule has 9 heteroatoms. The summed E-state index contributed by atoms with van der Waals surface area (Å²) in [6.45, 7) is 1.44. The number of hydrogen-bond acceptors (Lipinski definition) is 7. The number of anilines is 1. The Morgan fingerprint density at radius 3 is 2.68 bits per heavy atom. The lowest BCUT2D eigenvalue weighted by molar-refractivity contribution is -0.384. The Balaban J connectivity index is 1.60. The van der Waals surface area contributed by atoms with Crippen LogP contribution in [0.4, 0.5) is 11.4 Å². The van der Waals surface area contributed by atoms with Crippen molar-refractivity contribution in [3.63, 3.8) is 0 Å². The average Bonchev–Trinajstić information content (AvgIpc) is 3.24. The zero-order valence-electron chi connectivity index (χ0n) is 15.3.